The summed E-state index contributed by atoms with van der Waals surface area (Å²) in [6.45, 7) is 2.93. The van der Waals surface area contributed by atoms with Crippen molar-refractivity contribution in [2.75, 3.05) is 14.2 Å². The zero-order valence-electron chi connectivity index (χ0n) is 16.7. The van der Waals surface area contributed by atoms with Crippen LogP contribution in [0.2, 0.25) is 0 Å². The summed E-state index contributed by atoms with van der Waals surface area (Å²) >= 11 is 0. The van der Waals surface area contributed by atoms with E-state index in [9.17, 15) is 9.50 Å². The number of halogens is 1. The summed E-state index contributed by atoms with van der Waals surface area (Å²) in [5.74, 6) is 1.23. The number of nitrogens with zero attached hydrogens (tertiary/aromatic N) is 1. The van der Waals surface area contributed by atoms with E-state index in [1.54, 1.807) is 26.4 Å². The van der Waals surface area contributed by atoms with Crippen LogP contribution in [0.5, 0.6) is 11.5 Å². The molecule has 3 atom stereocenters. The molecule has 1 unspecified atom stereocenters. The van der Waals surface area contributed by atoms with Crippen molar-refractivity contribution >= 4 is 0 Å². The van der Waals surface area contributed by atoms with Crippen LogP contribution in [0.1, 0.15) is 42.4 Å². The van der Waals surface area contributed by atoms with Crippen molar-refractivity contribution in [3.8, 4) is 11.5 Å². The summed E-state index contributed by atoms with van der Waals surface area (Å²) in [6, 6.07) is 11.1. The Bertz CT molecular complexity index is 838. The zero-order valence-corrected chi connectivity index (χ0v) is 16.7. The lowest BCUT2D eigenvalue weighted by Crippen LogP contribution is -2.49. The predicted molar refractivity (Wildman–Crippen MR) is 106 cm³/mol. The molecule has 0 amide bonds. The van der Waals surface area contributed by atoms with E-state index in [2.05, 4.69) is 17.9 Å². The average Bonchev–Trinajstić information content (AvgIpc) is 2.93. The number of rotatable bonds is 5. The van der Waals surface area contributed by atoms with E-state index < -0.39 is 5.60 Å². The van der Waals surface area contributed by atoms with Gasteiger partial charge in [0.1, 0.15) is 5.82 Å². The number of methoxy groups -OCH3 is 2. The number of fused-ring (bicyclic) bond motifs is 2. The van der Waals surface area contributed by atoms with E-state index in [4.69, 9.17) is 9.47 Å². The van der Waals surface area contributed by atoms with Crippen LogP contribution in [0.15, 0.2) is 36.4 Å². The Morgan fingerprint density at radius 2 is 1.61 bits per heavy atom. The molecule has 2 bridgehead atoms. The molecule has 150 valence electrons. The molecular weight excluding hydrogens is 357 g/mol. The van der Waals surface area contributed by atoms with E-state index in [-0.39, 0.29) is 5.82 Å². The molecule has 2 saturated heterocycles. The second-order valence-electron chi connectivity index (χ2n) is 8.14. The molecule has 0 aromatic heterocycles. The van der Waals surface area contributed by atoms with Crippen LogP contribution in [0.3, 0.4) is 0 Å². The zero-order chi connectivity index (χ0) is 19.9. The first-order valence-corrected chi connectivity index (χ1v) is 9.89. The van der Waals surface area contributed by atoms with Gasteiger partial charge >= 0.3 is 0 Å². The highest BCUT2D eigenvalue weighted by Crippen LogP contribution is 2.46. The molecule has 2 heterocycles. The van der Waals surface area contributed by atoms with Crippen LogP contribution in [0.25, 0.3) is 0 Å². The predicted octanol–water partition coefficient (Wildman–Crippen LogP) is 4.17. The Balaban J connectivity index is 1.55. The number of ether oxygens (including phenoxy) is 2. The Morgan fingerprint density at radius 3 is 2.18 bits per heavy atom. The minimum atomic E-state index is -0.872. The lowest BCUT2D eigenvalue weighted by Gasteiger charge is -2.44. The minimum Gasteiger partial charge on any atom is -0.493 e. The van der Waals surface area contributed by atoms with Gasteiger partial charge in [0.25, 0.3) is 0 Å². The van der Waals surface area contributed by atoms with Crippen molar-refractivity contribution in [2.45, 2.75) is 56.8 Å². The monoisotopic (exact) mass is 385 g/mol. The van der Waals surface area contributed by atoms with Gasteiger partial charge in [-0.3, -0.25) is 4.90 Å². The molecule has 0 saturated carbocycles. The molecule has 2 aromatic carbocycles. The van der Waals surface area contributed by atoms with Crippen LogP contribution in [0, 0.1) is 12.7 Å². The summed E-state index contributed by atoms with van der Waals surface area (Å²) in [5.41, 5.74) is 2.36. The maximum atomic E-state index is 13.3. The lowest BCUT2D eigenvalue weighted by atomic mass is 9.80. The summed E-state index contributed by atoms with van der Waals surface area (Å²) in [5, 5.41) is 11.3. The van der Waals surface area contributed by atoms with Crippen molar-refractivity contribution in [1.29, 1.82) is 0 Å². The van der Waals surface area contributed by atoms with Crippen molar-refractivity contribution in [3.05, 3.63) is 58.9 Å². The smallest absolute Gasteiger partial charge is 0.161 e. The third-order valence-electron chi connectivity index (χ3n) is 6.49. The van der Waals surface area contributed by atoms with Gasteiger partial charge < -0.3 is 14.6 Å². The SMILES string of the molecule is COc1cc(C)c(CN2[C@@H]3CC[C@H]2CC(O)(c2ccc(F)cc2)C3)cc1OC. The molecule has 4 nitrogen and oxygen atoms in total. The second-order valence-corrected chi connectivity index (χ2v) is 8.14. The number of aryl methyl sites for hydroxylation is 1. The largest absolute Gasteiger partial charge is 0.493 e. The van der Waals surface area contributed by atoms with Crippen LogP contribution in [-0.2, 0) is 12.1 Å². The Labute approximate surface area is 165 Å². The standard InChI is InChI=1S/C23H28FNO3/c1-15-10-21(27-2)22(28-3)11-16(15)14-25-19-8-9-20(25)13-23(26,12-19)17-4-6-18(24)7-5-17/h4-7,10-11,19-20,26H,8-9,12-14H2,1-3H3/t19-,20+,23?. The number of hydrogen-bond donors (Lipinski definition) is 1. The molecule has 5 heteroatoms. The summed E-state index contributed by atoms with van der Waals surface area (Å²) < 4.78 is 24.2. The fraction of sp³-hybridized carbons (Fsp3) is 0.478. The third-order valence-corrected chi connectivity index (χ3v) is 6.49. The highest BCUT2D eigenvalue weighted by atomic mass is 19.1. The van der Waals surface area contributed by atoms with Crippen molar-refractivity contribution in [2.24, 2.45) is 0 Å². The van der Waals surface area contributed by atoms with E-state index in [1.807, 2.05) is 6.07 Å². The Kier molecular flexibility index (Phi) is 5.06. The molecule has 0 spiro atoms. The minimum absolute atomic E-state index is 0.267. The van der Waals surface area contributed by atoms with Gasteiger partial charge in [0.2, 0.25) is 0 Å². The highest BCUT2D eigenvalue weighted by molar-refractivity contribution is 5.47. The molecule has 2 aliphatic rings. The molecule has 2 fully saturated rings. The molecule has 4 rings (SSSR count). The van der Waals surface area contributed by atoms with E-state index in [1.165, 1.54) is 23.3 Å². The lowest BCUT2D eigenvalue weighted by molar-refractivity contribution is -0.0595. The van der Waals surface area contributed by atoms with Gasteiger partial charge in [-0.15, -0.1) is 0 Å². The topological polar surface area (TPSA) is 41.9 Å². The van der Waals surface area contributed by atoms with E-state index in [0.717, 1.165) is 36.4 Å². The Hall–Kier alpha value is -2.11. The normalized spacial score (nSPS) is 27.0. The highest BCUT2D eigenvalue weighted by Gasteiger charge is 2.48. The van der Waals surface area contributed by atoms with E-state index >= 15 is 0 Å². The first-order valence-electron chi connectivity index (χ1n) is 9.89. The number of aliphatic hydroxyl groups is 1. The molecule has 28 heavy (non-hydrogen) atoms. The molecule has 0 aliphatic carbocycles. The third kappa shape index (κ3) is 3.38. The molecule has 2 aliphatic heterocycles. The molecule has 0 radical (unpaired) electrons. The van der Waals surface area contributed by atoms with Crippen LogP contribution >= 0.6 is 0 Å². The second kappa shape index (κ2) is 7.37. The van der Waals surface area contributed by atoms with E-state index in [0.29, 0.717) is 24.9 Å². The molecular formula is C23H28FNO3. The van der Waals surface area contributed by atoms with Gasteiger partial charge in [0, 0.05) is 18.6 Å². The molecule has 1 N–H and O–H groups in total. The Morgan fingerprint density at radius 1 is 1.04 bits per heavy atom. The van der Waals surface area contributed by atoms with Gasteiger partial charge in [-0.2, -0.15) is 0 Å². The van der Waals surface area contributed by atoms with Gasteiger partial charge in [0.15, 0.2) is 11.5 Å². The average molecular weight is 385 g/mol. The number of benzene rings is 2. The van der Waals surface area contributed by atoms with Gasteiger partial charge in [-0.05, 0) is 73.6 Å². The van der Waals surface area contributed by atoms with Crippen LogP contribution < -0.4 is 9.47 Å². The fourth-order valence-corrected chi connectivity index (χ4v) is 4.96. The summed E-state index contributed by atoms with van der Waals surface area (Å²) in [6.07, 6.45) is 3.53. The van der Waals surface area contributed by atoms with Gasteiger partial charge in [-0.25, -0.2) is 4.39 Å². The maximum Gasteiger partial charge on any atom is 0.161 e. The molecule has 2 aromatic rings. The first-order chi connectivity index (χ1) is 13.4. The van der Waals surface area contributed by atoms with Crippen LogP contribution in [0.4, 0.5) is 4.39 Å². The van der Waals surface area contributed by atoms with Crippen molar-refractivity contribution in [3.63, 3.8) is 0 Å². The quantitative estimate of drug-likeness (QED) is 0.839. The maximum absolute atomic E-state index is 13.3. The summed E-state index contributed by atoms with van der Waals surface area (Å²) in [4.78, 5) is 2.52. The fourth-order valence-electron chi connectivity index (χ4n) is 4.96. The van der Waals surface area contributed by atoms with Crippen LogP contribution in [-0.4, -0.2) is 36.3 Å². The summed E-state index contributed by atoms with van der Waals surface area (Å²) in [7, 11) is 3.31. The number of piperidine rings is 1. The van der Waals surface area contributed by atoms with Crippen molar-refractivity contribution < 1.29 is 19.0 Å². The number of hydrogen-bond acceptors (Lipinski definition) is 4. The van der Waals surface area contributed by atoms with Crippen molar-refractivity contribution in [1.82, 2.24) is 4.90 Å². The van der Waals surface area contributed by atoms with Gasteiger partial charge in [-0.1, -0.05) is 12.1 Å². The van der Waals surface area contributed by atoms with Gasteiger partial charge in [0.05, 0.1) is 19.8 Å². The first kappa shape index (κ1) is 19.2.